The van der Waals surface area contributed by atoms with Crippen molar-refractivity contribution in [2.45, 2.75) is 6.61 Å². The number of hydrogen-bond donors (Lipinski definition) is 1. The van der Waals surface area contributed by atoms with E-state index in [-0.39, 0.29) is 0 Å². The van der Waals surface area contributed by atoms with Crippen molar-refractivity contribution in [2.75, 3.05) is 5.73 Å². The van der Waals surface area contributed by atoms with Crippen LogP contribution in [-0.4, -0.2) is 9.78 Å². The zero-order valence-corrected chi connectivity index (χ0v) is 8.40. The maximum atomic E-state index is 5.86. The van der Waals surface area contributed by atoms with Gasteiger partial charge < -0.3 is 10.5 Å². The van der Waals surface area contributed by atoms with E-state index in [4.69, 9.17) is 10.5 Å². The predicted octanol–water partition coefficient (Wildman–Crippen LogP) is 1.56. The number of rotatable bonds is 0. The Morgan fingerprint density at radius 3 is 3.20 bits per heavy atom. The Labute approximate surface area is 87.3 Å². The van der Waals surface area contributed by atoms with Crippen LogP contribution >= 0.6 is 0 Å². The lowest BCUT2D eigenvalue weighted by Crippen LogP contribution is -2.08. The van der Waals surface area contributed by atoms with Crippen LogP contribution < -0.4 is 10.5 Å². The molecule has 3 rings (SSSR count). The summed E-state index contributed by atoms with van der Waals surface area (Å²) in [7, 11) is 1.93. The van der Waals surface area contributed by atoms with E-state index >= 15 is 0 Å². The number of nitrogens with two attached hydrogens (primary N) is 1. The number of ether oxygens (including phenoxy) is 1. The van der Waals surface area contributed by atoms with Gasteiger partial charge in [0.1, 0.15) is 6.61 Å². The molecule has 0 fully saturated rings. The van der Waals surface area contributed by atoms with Crippen molar-refractivity contribution in [1.82, 2.24) is 9.78 Å². The minimum Gasteiger partial charge on any atom is -0.486 e. The molecule has 2 aromatic rings. The SMILES string of the molecule is Cn1ncc2c1-c1cccc(N)c1OC2. The highest BCUT2D eigenvalue weighted by molar-refractivity contribution is 5.78. The first-order valence-electron chi connectivity index (χ1n) is 4.80. The molecule has 1 aromatic heterocycles. The van der Waals surface area contributed by atoms with Crippen LogP contribution in [0.25, 0.3) is 11.3 Å². The van der Waals surface area contributed by atoms with Crippen molar-refractivity contribution in [3.05, 3.63) is 30.0 Å². The van der Waals surface area contributed by atoms with Crippen LogP contribution in [-0.2, 0) is 13.7 Å². The van der Waals surface area contributed by atoms with E-state index in [0.29, 0.717) is 12.3 Å². The Morgan fingerprint density at radius 1 is 1.47 bits per heavy atom. The topological polar surface area (TPSA) is 53.1 Å². The third-order valence-corrected chi connectivity index (χ3v) is 2.69. The summed E-state index contributed by atoms with van der Waals surface area (Å²) >= 11 is 0. The van der Waals surface area contributed by atoms with Gasteiger partial charge in [-0.1, -0.05) is 6.07 Å². The number of nitrogen functional groups attached to an aromatic ring is 1. The molecule has 0 saturated heterocycles. The molecule has 0 bridgehead atoms. The summed E-state index contributed by atoms with van der Waals surface area (Å²) in [6.45, 7) is 0.546. The zero-order chi connectivity index (χ0) is 10.4. The van der Waals surface area contributed by atoms with Crippen LogP contribution in [0.15, 0.2) is 24.4 Å². The summed E-state index contributed by atoms with van der Waals surface area (Å²) in [5.74, 6) is 0.772. The molecule has 4 heteroatoms. The second-order valence-electron chi connectivity index (χ2n) is 3.65. The summed E-state index contributed by atoms with van der Waals surface area (Å²) in [4.78, 5) is 0. The molecule has 2 N–H and O–H groups in total. The van der Waals surface area contributed by atoms with Gasteiger partial charge in [-0.2, -0.15) is 5.10 Å². The lowest BCUT2D eigenvalue weighted by atomic mass is 10.0. The quantitative estimate of drug-likeness (QED) is 0.658. The lowest BCUT2D eigenvalue weighted by Gasteiger charge is -2.19. The fourth-order valence-corrected chi connectivity index (χ4v) is 1.99. The molecule has 0 unspecified atom stereocenters. The van der Waals surface area contributed by atoms with Gasteiger partial charge in [0, 0.05) is 18.2 Å². The highest BCUT2D eigenvalue weighted by atomic mass is 16.5. The molecule has 0 aliphatic carbocycles. The predicted molar refractivity (Wildman–Crippen MR) is 57.4 cm³/mol. The number of fused-ring (bicyclic) bond motifs is 3. The number of benzene rings is 1. The van der Waals surface area contributed by atoms with E-state index in [9.17, 15) is 0 Å². The van der Waals surface area contributed by atoms with E-state index in [2.05, 4.69) is 5.10 Å². The third-order valence-electron chi connectivity index (χ3n) is 2.69. The van der Waals surface area contributed by atoms with E-state index in [1.165, 1.54) is 0 Å². The van der Waals surface area contributed by atoms with Crippen molar-refractivity contribution < 1.29 is 4.74 Å². The highest BCUT2D eigenvalue weighted by Gasteiger charge is 2.22. The molecule has 2 heterocycles. The molecular formula is C11H11N3O. The van der Waals surface area contributed by atoms with Crippen LogP contribution in [0, 0.1) is 0 Å². The average molecular weight is 201 g/mol. The fourth-order valence-electron chi connectivity index (χ4n) is 1.99. The van der Waals surface area contributed by atoms with Gasteiger partial charge in [-0.05, 0) is 12.1 Å². The van der Waals surface area contributed by atoms with E-state index < -0.39 is 0 Å². The van der Waals surface area contributed by atoms with Gasteiger partial charge in [0.2, 0.25) is 0 Å². The van der Waals surface area contributed by atoms with Crippen LogP contribution in [0.3, 0.4) is 0 Å². The van der Waals surface area contributed by atoms with Gasteiger partial charge in [-0.3, -0.25) is 4.68 Å². The molecule has 1 aliphatic heterocycles. The third kappa shape index (κ3) is 1.05. The molecule has 0 spiro atoms. The Morgan fingerprint density at radius 2 is 2.33 bits per heavy atom. The van der Waals surface area contributed by atoms with Crippen molar-refractivity contribution in [2.24, 2.45) is 7.05 Å². The Balaban J connectivity index is 2.33. The molecule has 15 heavy (non-hydrogen) atoms. The van der Waals surface area contributed by atoms with E-state index in [1.807, 2.05) is 36.1 Å². The molecule has 1 aromatic carbocycles. The minimum atomic E-state index is 0.546. The summed E-state index contributed by atoms with van der Waals surface area (Å²) in [6.07, 6.45) is 1.83. The summed E-state index contributed by atoms with van der Waals surface area (Å²) in [5.41, 5.74) is 9.77. The molecule has 4 nitrogen and oxygen atoms in total. The molecule has 0 radical (unpaired) electrons. The highest BCUT2D eigenvalue weighted by Crippen LogP contribution is 2.40. The van der Waals surface area contributed by atoms with Crippen LogP contribution in [0.1, 0.15) is 5.56 Å². The average Bonchev–Trinajstić information content (AvgIpc) is 2.61. The maximum Gasteiger partial charge on any atom is 0.152 e. The standard InChI is InChI=1S/C11H11N3O/c1-14-10-7(5-13-14)6-15-11-8(10)3-2-4-9(11)12/h2-5H,6,12H2,1H3. The Kier molecular flexibility index (Phi) is 1.54. The smallest absolute Gasteiger partial charge is 0.152 e. The number of aryl methyl sites for hydroxylation is 1. The van der Waals surface area contributed by atoms with E-state index in [1.54, 1.807) is 0 Å². The molecule has 0 saturated carbocycles. The monoisotopic (exact) mass is 201 g/mol. The summed E-state index contributed by atoms with van der Waals surface area (Å²) < 4.78 is 7.47. The lowest BCUT2D eigenvalue weighted by molar-refractivity contribution is 0.303. The van der Waals surface area contributed by atoms with Gasteiger partial charge in [-0.25, -0.2) is 0 Å². The van der Waals surface area contributed by atoms with Gasteiger partial charge in [-0.15, -0.1) is 0 Å². The number of para-hydroxylation sites is 1. The van der Waals surface area contributed by atoms with Crippen molar-refractivity contribution in [1.29, 1.82) is 0 Å². The molecule has 0 atom stereocenters. The number of aromatic nitrogens is 2. The second kappa shape index (κ2) is 2.76. The first-order chi connectivity index (χ1) is 7.27. The number of hydrogen-bond acceptors (Lipinski definition) is 3. The Hall–Kier alpha value is -1.97. The molecular weight excluding hydrogens is 190 g/mol. The fraction of sp³-hybridized carbons (Fsp3) is 0.182. The maximum absolute atomic E-state index is 5.86. The van der Waals surface area contributed by atoms with Crippen molar-refractivity contribution in [3.63, 3.8) is 0 Å². The second-order valence-corrected chi connectivity index (χ2v) is 3.65. The van der Waals surface area contributed by atoms with Gasteiger partial charge in [0.05, 0.1) is 17.6 Å². The zero-order valence-electron chi connectivity index (χ0n) is 8.40. The van der Waals surface area contributed by atoms with Crippen LogP contribution in [0.5, 0.6) is 5.75 Å². The number of nitrogens with zero attached hydrogens (tertiary/aromatic N) is 2. The minimum absolute atomic E-state index is 0.546. The number of anilines is 1. The first-order valence-corrected chi connectivity index (χ1v) is 4.80. The van der Waals surface area contributed by atoms with Gasteiger partial charge >= 0.3 is 0 Å². The first kappa shape index (κ1) is 8.35. The van der Waals surface area contributed by atoms with Crippen LogP contribution in [0.4, 0.5) is 5.69 Å². The van der Waals surface area contributed by atoms with Crippen molar-refractivity contribution in [3.8, 4) is 17.0 Å². The summed E-state index contributed by atoms with van der Waals surface area (Å²) in [6, 6.07) is 5.78. The normalized spacial score (nSPS) is 12.9. The van der Waals surface area contributed by atoms with Gasteiger partial charge in [0.15, 0.2) is 5.75 Å². The largest absolute Gasteiger partial charge is 0.486 e. The van der Waals surface area contributed by atoms with Gasteiger partial charge in [0.25, 0.3) is 0 Å². The summed E-state index contributed by atoms with van der Waals surface area (Å²) in [5, 5.41) is 4.22. The Bertz CT molecular complexity index is 531. The van der Waals surface area contributed by atoms with E-state index in [0.717, 1.165) is 22.6 Å². The van der Waals surface area contributed by atoms with Crippen molar-refractivity contribution >= 4 is 5.69 Å². The molecule has 1 aliphatic rings. The molecule has 0 amide bonds. The van der Waals surface area contributed by atoms with Crippen LogP contribution in [0.2, 0.25) is 0 Å². The molecule has 76 valence electrons.